The summed E-state index contributed by atoms with van der Waals surface area (Å²) in [5.41, 5.74) is 0.841. The van der Waals surface area contributed by atoms with Crippen LogP contribution < -0.4 is 10.6 Å². The van der Waals surface area contributed by atoms with Crippen molar-refractivity contribution in [1.82, 2.24) is 5.32 Å². The van der Waals surface area contributed by atoms with E-state index in [1.807, 2.05) is 30.3 Å². The van der Waals surface area contributed by atoms with E-state index in [0.717, 1.165) is 12.1 Å². The van der Waals surface area contributed by atoms with Crippen molar-refractivity contribution in [1.29, 1.82) is 0 Å². The van der Waals surface area contributed by atoms with E-state index in [9.17, 15) is 4.79 Å². The Morgan fingerprint density at radius 2 is 1.88 bits per heavy atom. The zero-order valence-corrected chi connectivity index (χ0v) is 10.3. The van der Waals surface area contributed by atoms with Gasteiger partial charge in [-0.3, -0.25) is 0 Å². The Labute approximate surface area is 103 Å². The van der Waals surface area contributed by atoms with Crippen LogP contribution in [0.2, 0.25) is 0 Å². The van der Waals surface area contributed by atoms with Gasteiger partial charge in [0.05, 0.1) is 0 Å². The molecule has 3 nitrogen and oxygen atoms in total. The van der Waals surface area contributed by atoms with E-state index < -0.39 is 0 Å². The lowest BCUT2D eigenvalue weighted by Crippen LogP contribution is -2.43. The summed E-state index contributed by atoms with van der Waals surface area (Å²) in [5.74, 6) is 0.588. The van der Waals surface area contributed by atoms with Crippen LogP contribution in [0.4, 0.5) is 10.5 Å². The van der Waals surface area contributed by atoms with E-state index in [1.54, 1.807) is 0 Å². The maximum Gasteiger partial charge on any atom is 0.319 e. The molecule has 0 aromatic heterocycles. The molecule has 2 N–H and O–H groups in total. The molecule has 17 heavy (non-hydrogen) atoms. The minimum atomic E-state index is -0.0880. The number of carbonyl (C=O) groups is 1. The van der Waals surface area contributed by atoms with E-state index in [2.05, 4.69) is 17.6 Å². The fraction of sp³-hybridized carbons (Fsp3) is 0.500. The Balaban J connectivity index is 1.84. The number of hydrogen-bond donors (Lipinski definition) is 2. The zero-order valence-electron chi connectivity index (χ0n) is 10.3. The second-order valence-corrected chi connectivity index (χ2v) is 4.83. The monoisotopic (exact) mass is 232 g/mol. The number of urea groups is 1. The molecule has 0 heterocycles. The van der Waals surface area contributed by atoms with Crippen LogP contribution in [-0.2, 0) is 0 Å². The van der Waals surface area contributed by atoms with Crippen LogP contribution >= 0.6 is 0 Å². The number of benzene rings is 1. The molecule has 1 aromatic rings. The normalized spacial score (nSPS) is 24.1. The van der Waals surface area contributed by atoms with Gasteiger partial charge in [0.2, 0.25) is 0 Å². The summed E-state index contributed by atoms with van der Waals surface area (Å²) in [6, 6.07) is 9.79. The summed E-state index contributed by atoms with van der Waals surface area (Å²) in [7, 11) is 0. The molecule has 2 rings (SSSR count). The van der Waals surface area contributed by atoms with E-state index >= 15 is 0 Å². The fourth-order valence-corrected chi connectivity index (χ4v) is 2.39. The Morgan fingerprint density at radius 3 is 2.59 bits per heavy atom. The average molecular weight is 232 g/mol. The third kappa shape index (κ3) is 3.48. The molecule has 1 aliphatic carbocycles. The van der Waals surface area contributed by atoms with Gasteiger partial charge in [-0.2, -0.15) is 0 Å². The summed E-state index contributed by atoms with van der Waals surface area (Å²) in [5, 5.41) is 5.93. The van der Waals surface area contributed by atoms with Crippen LogP contribution in [0.5, 0.6) is 0 Å². The number of nitrogens with one attached hydrogen (secondary N) is 2. The van der Waals surface area contributed by atoms with E-state index in [0.29, 0.717) is 12.0 Å². The molecule has 0 radical (unpaired) electrons. The number of anilines is 1. The molecule has 0 spiro atoms. The van der Waals surface area contributed by atoms with Gasteiger partial charge in [0.15, 0.2) is 0 Å². The predicted octanol–water partition coefficient (Wildman–Crippen LogP) is 3.39. The van der Waals surface area contributed by atoms with Crippen molar-refractivity contribution in [2.75, 3.05) is 5.32 Å². The van der Waals surface area contributed by atoms with E-state index in [-0.39, 0.29) is 6.03 Å². The summed E-state index contributed by atoms with van der Waals surface area (Å²) >= 11 is 0. The molecule has 2 amide bonds. The van der Waals surface area contributed by atoms with Gasteiger partial charge in [-0.15, -0.1) is 0 Å². The minimum Gasteiger partial charge on any atom is -0.335 e. The Morgan fingerprint density at radius 1 is 1.18 bits per heavy atom. The van der Waals surface area contributed by atoms with Crippen molar-refractivity contribution in [3.8, 4) is 0 Å². The predicted molar refractivity (Wildman–Crippen MR) is 70.0 cm³/mol. The summed E-state index contributed by atoms with van der Waals surface area (Å²) < 4.78 is 0. The van der Waals surface area contributed by atoms with Crippen LogP contribution in [0.3, 0.4) is 0 Å². The molecule has 0 aliphatic heterocycles. The number of hydrogen-bond acceptors (Lipinski definition) is 1. The molecule has 1 aliphatic rings. The van der Waals surface area contributed by atoms with Crippen molar-refractivity contribution in [2.45, 2.75) is 38.6 Å². The SMILES string of the molecule is C[C@@H]1CCCC[C@H]1NC(=O)Nc1ccccc1. The largest absolute Gasteiger partial charge is 0.335 e. The van der Waals surface area contributed by atoms with Gasteiger partial charge in [-0.25, -0.2) is 4.79 Å². The lowest BCUT2D eigenvalue weighted by atomic mass is 9.86. The molecule has 0 bridgehead atoms. The number of amides is 2. The third-order valence-corrected chi connectivity index (χ3v) is 3.46. The molecule has 0 unspecified atom stereocenters. The first-order chi connectivity index (χ1) is 8.25. The number of carbonyl (C=O) groups excluding carboxylic acids is 1. The van der Waals surface area contributed by atoms with Gasteiger partial charge in [0.25, 0.3) is 0 Å². The van der Waals surface area contributed by atoms with Crippen LogP contribution in [0.15, 0.2) is 30.3 Å². The van der Waals surface area contributed by atoms with Gasteiger partial charge in [0, 0.05) is 11.7 Å². The van der Waals surface area contributed by atoms with E-state index in [1.165, 1.54) is 19.3 Å². The molecule has 2 atom stereocenters. The molecule has 1 aromatic carbocycles. The molecular formula is C14H20N2O. The highest BCUT2D eigenvalue weighted by atomic mass is 16.2. The van der Waals surface area contributed by atoms with Crippen molar-refractivity contribution in [3.63, 3.8) is 0 Å². The zero-order chi connectivity index (χ0) is 12.1. The topological polar surface area (TPSA) is 41.1 Å². The first-order valence-electron chi connectivity index (χ1n) is 6.38. The number of para-hydroxylation sites is 1. The van der Waals surface area contributed by atoms with Crippen molar-refractivity contribution in [2.24, 2.45) is 5.92 Å². The molecular weight excluding hydrogens is 212 g/mol. The number of rotatable bonds is 2. The molecule has 1 fully saturated rings. The Kier molecular flexibility index (Phi) is 4.02. The first kappa shape index (κ1) is 12.0. The average Bonchev–Trinajstić information content (AvgIpc) is 2.33. The highest BCUT2D eigenvalue weighted by Crippen LogP contribution is 2.23. The Bertz CT molecular complexity index is 364. The molecule has 3 heteroatoms. The maximum absolute atomic E-state index is 11.8. The van der Waals surface area contributed by atoms with Crippen molar-refractivity contribution in [3.05, 3.63) is 30.3 Å². The summed E-state index contributed by atoms with van der Waals surface area (Å²) in [6.07, 6.45) is 4.83. The van der Waals surface area contributed by atoms with Gasteiger partial charge in [-0.1, -0.05) is 38.0 Å². The van der Waals surface area contributed by atoms with Gasteiger partial charge in [-0.05, 0) is 30.9 Å². The van der Waals surface area contributed by atoms with Gasteiger partial charge >= 0.3 is 6.03 Å². The molecule has 1 saturated carbocycles. The minimum absolute atomic E-state index is 0.0880. The van der Waals surface area contributed by atoms with Crippen LogP contribution in [0, 0.1) is 5.92 Å². The lowest BCUT2D eigenvalue weighted by Gasteiger charge is -2.29. The molecule has 92 valence electrons. The third-order valence-electron chi connectivity index (χ3n) is 3.46. The van der Waals surface area contributed by atoms with Crippen LogP contribution in [0.25, 0.3) is 0 Å². The second kappa shape index (κ2) is 5.71. The van der Waals surface area contributed by atoms with Crippen molar-refractivity contribution >= 4 is 11.7 Å². The fourth-order valence-electron chi connectivity index (χ4n) is 2.39. The van der Waals surface area contributed by atoms with Gasteiger partial charge in [0.1, 0.15) is 0 Å². The lowest BCUT2D eigenvalue weighted by molar-refractivity contribution is 0.232. The highest BCUT2D eigenvalue weighted by molar-refractivity contribution is 5.89. The highest BCUT2D eigenvalue weighted by Gasteiger charge is 2.22. The van der Waals surface area contributed by atoms with Crippen LogP contribution in [-0.4, -0.2) is 12.1 Å². The van der Waals surface area contributed by atoms with E-state index in [4.69, 9.17) is 0 Å². The van der Waals surface area contributed by atoms with Crippen LogP contribution in [0.1, 0.15) is 32.6 Å². The standard InChI is InChI=1S/C14H20N2O/c1-11-7-5-6-10-13(11)16-14(17)15-12-8-3-2-4-9-12/h2-4,8-9,11,13H,5-7,10H2,1H3,(H2,15,16,17)/t11-,13-/m1/s1. The summed E-state index contributed by atoms with van der Waals surface area (Å²) in [4.78, 5) is 11.8. The quantitative estimate of drug-likeness (QED) is 0.806. The Hall–Kier alpha value is -1.51. The van der Waals surface area contributed by atoms with Gasteiger partial charge < -0.3 is 10.6 Å². The second-order valence-electron chi connectivity index (χ2n) is 4.83. The summed E-state index contributed by atoms with van der Waals surface area (Å²) in [6.45, 7) is 2.21. The molecule has 0 saturated heterocycles. The maximum atomic E-state index is 11.8. The van der Waals surface area contributed by atoms with Crippen molar-refractivity contribution < 1.29 is 4.79 Å². The smallest absolute Gasteiger partial charge is 0.319 e. The first-order valence-corrected chi connectivity index (χ1v) is 6.38.